The summed E-state index contributed by atoms with van der Waals surface area (Å²) in [5.41, 5.74) is 0. The lowest BCUT2D eigenvalue weighted by Crippen LogP contribution is -2.21. The average Bonchev–Trinajstić information content (AvgIpc) is 2.68. The molecule has 0 amide bonds. The molecule has 1 aromatic heterocycles. The average molecular weight is 211 g/mol. The van der Waals surface area contributed by atoms with Crippen molar-refractivity contribution in [3.05, 3.63) is 11.7 Å². The van der Waals surface area contributed by atoms with Crippen LogP contribution in [0.5, 0.6) is 0 Å². The topological polar surface area (TPSA) is 60.2 Å². The quantitative estimate of drug-likeness (QED) is 0.801. The van der Waals surface area contributed by atoms with E-state index >= 15 is 0 Å². The first kappa shape index (κ1) is 10.6. The first-order chi connectivity index (χ1) is 7.38. The van der Waals surface area contributed by atoms with Gasteiger partial charge in [0.05, 0.1) is 12.6 Å². The van der Waals surface area contributed by atoms with Crippen LogP contribution in [0.4, 0.5) is 0 Å². The van der Waals surface area contributed by atoms with Gasteiger partial charge in [-0.2, -0.15) is 4.98 Å². The fraction of sp³-hybridized carbons (Fsp3) is 0.800. The molecule has 1 fully saturated rings. The second-order valence-corrected chi connectivity index (χ2v) is 3.83. The maximum absolute atomic E-state index is 5.61. The summed E-state index contributed by atoms with van der Waals surface area (Å²) in [5.74, 6) is 1.40. The lowest BCUT2D eigenvalue weighted by atomic mass is 10.1. The summed E-state index contributed by atoms with van der Waals surface area (Å²) < 4.78 is 10.7. The number of aromatic nitrogens is 2. The summed E-state index contributed by atoms with van der Waals surface area (Å²) in [5, 5.41) is 6.90. The summed E-state index contributed by atoms with van der Waals surface area (Å²) in [6.45, 7) is 1.49. The van der Waals surface area contributed by atoms with Gasteiger partial charge in [0.2, 0.25) is 5.89 Å². The number of nitrogens with zero attached hydrogens (tertiary/aromatic N) is 2. The van der Waals surface area contributed by atoms with Crippen molar-refractivity contribution >= 4 is 0 Å². The minimum absolute atomic E-state index is 0.277. The molecule has 1 aromatic rings. The summed E-state index contributed by atoms with van der Waals surface area (Å²) >= 11 is 0. The normalized spacial score (nSPS) is 21.8. The smallest absolute Gasteiger partial charge is 0.240 e. The van der Waals surface area contributed by atoms with Crippen LogP contribution >= 0.6 is 0 Å². The SMILES string of the molecule is CNCc1nc(CC2CCCCO2)no1. The van der Waals surface area contributed by atoms with Crippen LogP contribution in [0.1, 0.15) is 31.0 Å². The van der Waals surface area contributed by atoms with Crippen LogP contribution in [0, 0.1) is 0 Å². The monoisotopic (exact) mass is 211 g/mol. The van der Waals surface area contributed by atoms with Gasteiger partial charge in [-0.05, 0) is 26.3 Å². The fourth-order valence-electron chi connectivity index (χ4n) is 1.77. The molecule has 84 valence electrons. The molecule has 0 aliphatic carbocycles. The first-order valence-electron chi connectivity index (χ1n) is 5.46. The van der Waals surface area contributed by atoms with E-state index in [2.05, 4.69) is 15.5 Å². The number of rotatable bonds is 4. The highest BCUT2D eigenvalue weighted by Crippen LogP contribution is 2.15. The third-order valence-corrected chi connectivity index (χ3v) is 2.52. The highest BCUT2D eigenvalue weighted by Gasteiger charge is 2.17. The lowest BCUT2D eigenvalue weighted by molar-refractivity contribution is 0.0153. The van der Waals surface area contributed by atoms with Crippen LogP contribution in [0.15, 0.2) is 4.52 Å². The van der Waals surface area contributed by atoms with E-state index in [0.29, 0.717) is 12.4 Å². The van der Waals surface area contributed by atoms with Gasteiger partial charge in [0.15, 0.2) is 5.82 Å². The molecule has 1 atom stereocenters. The maximum Gasteiger partial charge on any atom is 0.240 e. The number of hydrogen-bond donors (Lipinski definition) is 1. The van der Waals surface area contributed by atoms with E-state index in [1.807, 2.05) is 7.05 Å². The van der Waals surface area contributed by atoms with Crippen LogP contribution < -0.4 is 5.32 Å². The van der Waals surface area contributed by atoms with Crippen LogP contribution in [0.3, 0.4) is 0 Å². The van der Waals surface area contributed by atoms with Crippen molar-refractivity contribution in [3.8, 4) is 0 Å². The summed E-state index contributed by atoms with van der Waals surface area (Å²) in [6, 6.07) is 0. The van der Waals surface area contributed by atoms with E-state index in [1.54, 1.807) is 0 Å². The van der Waals surface area contributed by atoms with Crippen molar-refractivity contribution in [2.45, 2.75) is 38.3 Å². The summed E-state index contributed by atoms with van der Waals surface area (Å²) in [6.07, 6.45) is 4.57. The van der Waals surface area contributed by atoms with Gasteiger partial charge in [0.25, 0.3) is 0 Å². The van der Waals surface area contributed by atoms with Gasteiger partial charge in [0, 0.05) is 13.0 Å². The zero-order chi connectivity index (χ0) is 10.5. The Kier molecular flexibility index (Phi) is 3.69. The Labute approximate surface area is 89.2 Å². The molecule has 0 spiro atoms. The Bertz CT molecular complexity index is 295. The zero-order valence-electron chi connectivity index (χ0n) is 9.03. The molecule has 1 N–H and O–H groups in total. The van der Waals surface area contributed by atoms with Gasteiger partial charge in [-0.1, -0.05) is 5.16 Å². The first-order valence-corrected chi connectivity index (χ1v) is 5.46. The molecule has 0 radical (unpaired) electrons. The van der Waals surface area contributed by atoms with Crippen molar-refractivity contribution in [3.63, 3.8) is 0 Å². The van der Waals surface area contributed by atoms with Crippen molar-refractivity contribution < 1.29 is 9.26 Å². The minimum atomic E-state index is 0.277. The van der Waals surface area contributed by atoms with E-state index in [1.165, 1.54) is 12.8 Å². The largest absolute Gasteiger partial charge is 0.378 e. The van der Waals surface area contributed by atoms with E-state index in [4.69, 9.17) is 9.26 Å². The number of hydrogen-bond acceptors (Lipinski definition) is 5. The molecule has 0 aromatic carbocycles. The molecule has 1 saturated heterocycles. The van der Waals surface area contributed by atoms with Crippen LogP contribution in [-0.2, 0) is 17.7 Å². The van der Waals surface area contributed by atoms with Gasteiger partial charge in [0.1, 0.15) is 0 Å². The third kappa shape index (κ3) is 3.00. The Morgan fingerprint density at radius 3 is 3.13 bits per heavy atom. The van der Waals surface area contributed by atoms with E-state index < -0.39 is 0 Å². The second kappa shape index (κ2) is 5.23. The lowest BCUT2D eigenvalue weighted by Gasteiger charge is -2.20. The molecule has 0 saturated carbocycles. The Hall–Kier alpha value is -0.940. The van der Waals surface area contributed by atoms with E-state index in [0.717, 1.165) is 25.3 Å². The van der Waals surface area contributed by atoms with Gasteiger partial charge in [-0.3, -0.25) is 0 Å². The predicted molar refractivity (Wildman–Crippen MR) is 54.4 cm³/mol. The van der Waals surface area contributed by atoms with Crippen LogP contribution in [-0.4, -0.2) is 29.9 Å². The van der Waals surface area contributed by atoms with Crippen LogP contribution in [0.25, 0.3) is 0 Å². The molecule has 5 heteroatoms. The second-order valence-electron chi connectivity index (χ2n) is 3.83. The Balaban J connectivity index is 1.86. The maximum atomic E-state index is 5.61. The van der Waals surface area contributed by atoms with E-state index in [9.17, 15) is 0 Å². The molecule has 1 unspecified atom stereocenters. The third-order valence-electron chi connectivity index (χ3n) is 2.52. The van der Waals surface area contributed by atoms with E-state index in [-0.39, 0.29) is 6.10 Å². The fourth-order valence-corrected chi connectivity index (χ4v) is 1.77. The van der Waals surface area contributed by atoms with Gasteiger partial charge in [-0.25, -0.2) is 0 Å². The van der Waals surface area contributed by atoms with Gasteiger partial charge in [-0.15, -0.1) is 0 Å². The number of ether oxygens (including phenoxy) is 1. The molecule has 0 bridgehead atoms. The van der Waals surface area contributed by atoms with Crippen molar-refractivity contribution in [1.82, 2.24) is 15.5 Å². The highest BCUT2D eigenvalue weighted by atomic mass is 16.5. The molecule has 1 aliphatic rings. The highest BCUT2D eigenvalue weighted by molar-refractivity contribution is 4.89. The molecule has 1 aliphatic heterocycles. The Morgan fingerprint density at radius 1 is 1.47 bits per heavy atom. The van der Waals surface area contributed by atoms with Crippen molar-refractivity contribution in [2.24, 2.45) is 0 Å². The van der Waals surface area contributed by atoms with Gasteiger partial charge >= 0.3 is 0 Å². The van der Waals surface area contributed by atoms with Gasteiger partial charge < -0.3 is 14.6 Å². The molecule has 2 heterocycles. The van der Waals surface area contributed by atoms with Crippen LogP contribution in [0.2, 0.25) is 0 Å². The molecular weight excluding hydrogens is 194 g/mol. The molecule has 15 heavy (non-hydrogen) atoms. The Morgan fingerprint density at radius 2 is 2.40 bits per heavy atom. The minimum Gasteiger partial charge on any atom is -0.378 e. The number of nitrogens with one attached hydrogen (secondary N) is 1. The standard InChI is InChI=1S/C10H17N3O2/c1-11-7-10-12-9(13-15-10)6-8-4-2-3-5-14-8/h8,11H,2-7H2,1H3. The summed E-state index contributed by atoms with van der Waals surface area (Å²) in [7, 11) is 1.86. The molecule has 2 rings (SSSR count). The molecular formula is C10H17N3O2. The molecule has 5 nitrogen and oxygen atoms in total. The zero-order valence-corrected chi connectivity index (χ0v) is 9.03. The summed E-state index contributed by atoms with van der Waals surface area (Å²) in [4.78, 5) is 4.27. The van der Waals surface area contributed by atoms with Crippen molar-refractivity contribution in [2.75, 3.05) is 13.7 Å². The predicted octanol–water partition coefficient (Wildman–Crippen LogP) is 0.901. The van der Waals surface area contributed by atoms with Crippen molar-refractivity contribution in [1.29, 1.82) is 0 Å².